The van der Waals surface area contributed by atoms with Crippen LogP contribution in [0.1, 0.15) is 16.1 Å². The number of nitro groups is 1. The molecule has 0 saturated heterocycles. The molecule has 0 atom stereocenters. The maximum Gasteiger partial charge on any atom is 0.273 e. The number of carbonyl (C=O) groups is 1. The number of furan rings is 1. The first kappa shape index (κ1) is 17.8. The van der Waals surface area contributed by atoms with Crippen LogP contribution in [0.15, 0.2) is 64.4 Å². The lowest BCUT2D eigenvalue weighted by molar-refractivity contribution is -0.384. The molecule has 0 spiro atoms. The SMILES string of the molecule is COc1cc([N+](=O)[O-])ccc1-c1ccc(/C=N/NC(=O)c2ccncc2)o1. The molecule has 3 aromatic rings. The molecule has 9 nitrogen and oxygen atoms in total. The molecule has 0 unspecified atom stereocenters. The van der Waals surface area contributed by atoms with E-state index < -0.39 is 4.92 Å². The van der Waals surface area contributed by atoms with Gasteiger partial charge in [0.2, 0.25) is 0 Å². The molecule has 0 radical (unpaired) electrons. The van der Waals surface area contributed by atoms with Gasteiger partial charge >= 0.3 is 0 Å². The Labute approximate surface area is 153 Å². The van der Waals surface area contributed by atoms with E-state index in [9.17, 15) is 14.9 Å². The van der Waals surface area contributed by atoms with Crippen molar-refractivity contribution in [2.45, 2.75) is 0 Å². The summed E-state index contributed by atoms with van der Waals surface area (Å²) in [4.78, 5) is 26.1. The Morgan fingerprint density at radius 3 is 2.74 bits per heavy atom. The minimum atomic E-state index is -0.502. The van der Waals surface area contributed by atoms with Crippen molar-refractivity contribution in [3.05, 3.63) is 76.3 Å². The van der Waals surface area contributed by atoms with Crippen LogP contribution in [-0.2, 0) is 0 Å². The fourth-order valence-corrected chi connectivity index (χ4v) is 2.29. The van der Waals surface area contributed by atoms with E-state index in [1.165, 1.54) is 37.9 Å². The number of aromatic nitrogens is 1. The fourth-order valence-electron chi connectivity index (χ4n) is 2.29. The maximum absolute atomic E-state index is 11.9. The number of nitro benzene ring substituents is 1. The van der Waals surface area contributed by atoms with E-state index in [1.54, 1.807) is 30.3 Å². The van der Waals surface area contributed by atoms with Crippen molar-refractivity contribution in [3.8, 4) is 17.1 Å². The molecular formula is C18H14N4O5. The molecule has 9 heteroatoms. The van der Waals surface area contributed by atoms with Gasteiger partial charge in [0.15, 0.2) is 0 Å². The fraction of sp³-hybridized carbons (Fsp3) is 0.0556. The van der Waals surface area contributed by atoms with Gasteiger partial charge in [-0.15, -0.1) is 0 Å². The lowest BCUT2D eigenvalue weighted by atomic mass is 10.1. The summed E-state index contributed by atoms with van der Waals surface area (Å²) < 4.78 is 10.8. The van der Waals surface area contributed by atoms with Crippen LogP contribution in [-0.4, -0.2) is 29.1 Å². The highest BCUT2D eigenvalue weighted by Gasteiger charge is 2.15. The molecule has 0 aliphatic rings. The normalized spacial score (nSPS) is 10.7. The Morgan fingerprint density at radius 1 is 1.26 bits per heavy atom. The Bertz CT molecular complexity index is 998. The average Bonchev–Trinajstić information content (AvgIpc) is 3.16. The third-order valence-electron chi connectivity index (χ3n) is 3.59. The van der Waals surface area contributed by atoms with Crippen LogP contribution in [0.5, 0.6) is 5.75 Å². The van der Waals surface area contributed by atoms with Crippen molar-refractivity contribution in [1.82, 2.24) is 10.4 Å². The van der Waals surface area contributed by atoms with Crippen LogP contribution in [0.2, 0.25) is 0 Å². The first-order valence-corrected chi connectivity index (χ1v) is 7.74. The Hall–Kier alpha value is -4.01. The van der Waals surface area contributed by atoms with Crippen LogP contribution >= 0.6 is 0 Å². The first-order valence-electron chi connectivity index (χ1n) is 7.74. The summed E-state index contributed by atoms with van der Waals surface area (Å²) in [5.74, 6) is 0.773. The molecule has 136 valence electrons. The van der Waals surface area contributed by atoms with Gasteiger partial charge in [0.1, 0.15) is 17.3 Å². The second-order valence-corrected chi connectivity index (χ2v) is 5.28. The van der Waals surface area contributed by atoms with Crippen LogP contribution < -0.4 is 10.2 Å². The number of ether oxygens (including phenoxy) is 1. The monoisotopic (exact) mass is 366 g/mol. The maximum atomic E-state index is 11.9. The van der Waals surface area contributed by atoms with Gasteiger partial charge in [0.25, 0.3) is 11.6 Å². The van der Waals surface area contributed by atoms with Gasteiger partial charge in [0, 0.05) is 24.0 Å². The molecule has 2 aromatic heterocycles. The summed E-state index contributed by atoms with van der Waals surface area (Å²) in [6, 6.07) is 10.7. The van der Waals surface area contributed by atoms with Gasteiger partial charge in [-0.2, -0.15) is 5.10 Å². The van der Waals surface area contributed by atoms with Crippen LogP contribution in [0.4, 0.5) is 5.69 Å². The van der Waals surface area contributed by atoms with Crippen molar-refractivity contribution in [3.63, 3.8) is 0 Å². The van der Waals surface area contributed by atoms with Crippen LogP contribution in [0.3, 0.4) is 0 Å². The number of nitrogens with one attached hydrogen (secondary N) is 1. The molecule has 1 aromatic carbocycles. The molecule has 0 aliphatic carbocycles. The molecule has 0 aliphatic heterocycles. The van der Waals surface area contributed by atoms with Crippen LogP contribution in [0, 0.1) is 10.1 Å². The van der Waals surface area contributed by atoms with E-state index in [0.717, 1.165) is 0 Å². The second kappa shape index (κ2) is 7.91. The van der Waals surface area contributed by atoms with Crippen molar-refractivity contribution >= 4 is 17.8 Å². The number of hydrogen-bond donors (Lipinski definition) is 1. The van der Waals surface area contributed by atoms with Crippen molar-refractivity contribution in [2.24, 2.45) is 5.10 Å². The molecule has 3 rings (SSSR count). The van der Waals surface area contributed by atoms with Gasteiger partial charge in [0.05, 0.1) is 29.9 Å². The number of benzene rings is 1. The Kier molecular flexibility index (Phi) is 5.22. The highest BCUT2D eigenvalue weighted by atomic mass is 16.6. The minimum Gasteiger partial charge on any atom is -0.496 e. The lowest BCUT2D eigenvalue weighted by Gasteiger charge is -2.05. The van der Waals surface area contributed by atoms with E-state index >= 15 is 0 Å². The molecule has 27 heavy (non-hydrogen) atoms. The van der Waals surface area contributed by atoms with E-state index in [1.807, 2.05) is 0 Å². The van der Waals surface area contributed by atoms with Gasteiger partial charge in [-0.05, 0) is 30.3 Å². The lowest BCUT2D eigenvalue weighted by Crippen LogP contribution is -2.17. The van der Waals surface area contributed by atoms with E-state index in [2.05, 4.69) is 15.5 Å². The number of rotatable bonds is 6. The number of hydrazone groups is 1. The predicted molar refractivity (Wildman–Crippen MR) is 96.6 cm³/mol. The molecule has 0 fully saturated rings. The second-order valence-electron chi connectivity index (χ2n) is 5.28. The predicted octanol–water partition coefficient (Wildman–Crippen LogP) is 3.02. The highest BCUT2D eigenvalue weighted by molar-refractivity contribution is 5.94. The summed E-state index contributed by atoms with van der Waals surface area (Å²) >= 11 is 0. The van der Waals surface area contributed by atoms with Gasteiger partial charge in [-0.25, -0.2) is 5.43 Å². The quantitative estimate of drug-likeness (QED) is 0.407. The summed E-state index contributed by atoms with van der Waals surface area (Å²) in [5, 5.41) is 14.7. The number of methoxy groups -OCH3 is 1. The Morgan fingerprint density at radius 2 is 2.04 bits per heavy atom. The third-order valence-corrected chi connectivity index (χ3v) is 3.59. The van der Waals surface area contributed by atoms with Gasteiger partial charge in [-0.1, -0.05) is 0 Å². The zero-order valence-corrected chi connectivity index (χ0v) is 14.2. The van der Waals surface area contributed by atoms with E-state index in [0.29, 0.717) is 28.4 Å². The number of carbonyl (C=O) groups excluding carboxylic acids is 1. The van der Waals surface area contributed by atoms with Crippen molar-refractivity contribution in [2.75, 3.05) is 7.11 Å². The standard InChI is InChI=1S/C18H14N4O5/c1-26-17-10-13(22(24)25)2-4-15(17)16-5-3-14(27-16)11-20-21-18(23)12-6-8-19-9-7-12/h2-11H,1H3,(H,21,23)/b20-11+. The third kappa shape index (κ3) is 4.15. The van der Waals surface area contributed by atoms with Crippen LogP contribution in [0.25, 0.3) is 11.3 Å². The molecule has 1 amide bonds. The zero-order chi connectivity index (χ0) is 19.2. The van der Waals surface area contributed by atoms with Gasteiger partial charge in [-0.3, -0.25) is 19.9 Å². The first-order chi connectivity index (χ1) is 13.1. The molecular weight excluding hydrogens is 352 g/mol. The molecule has 0 saturated carbocycles. The van der Waals surface area contributed by atoms with E-state index in [-0.39, 0.29) is 11.6 Å². The summed E-state index contributed by atoms with van der Waals surface area (Å²) in [5.41, 5.74) is 3.29. The number of hydrogen-bond acceptors (Lipinski definition) is 7. The molecule has 1 N–H and O–H groups in total. The number of amides is 1. The topological polar surface area (TPSA) is 120 Å². The molecule has 0 bridgehead atoms. The summed E-state index contributed by atoms with van der Waals surface area (Å²) in [6.07, 6.45) is 4.37. The largest absolute Gasteiger partial charge is 0.496 e. The number of non-ortho nitro benzene ring substituents is 1. The average molecular weight is 366 g/mol. The van der Waals surface area contributed by atoms with Crippen molar-refractivity contribution < 1.29 is 18.9 Å². The minimum absolute atomic E-state index is 0.0808. The highest BCUT2D eigenvalue weighted by Crippen LogP contribution is 2.33. The molecule has 2 heterocycles. The van der Waals surface area contributed by atoms with Gasteiger partial charge < -0.3 is 9.15 Å². The number of nitrogens with zero attached hydrogens (tertiary/aromatic N) is 3. The van der Waals surface area contributed by atoms with E-state index in [4.69, 9.17) is 9.15 Å². The van der Waals surface area contributed by atoms with Crippen molar-refractivity contribution in [1.29, 1.82) is 0 Å². The smallest absolute Gasteiger partial charge is 0.273 e. The summed E-state index contributed by atoms with van der Waals surface area (Å²) in [7, 11) is 1.42. The number of pyridine rings is 1. The zero-order valence-electron chi connectivity index (χ0n) is 14.2. The summed E-state index contributed by atoms with van der Waals surface area (Å²) in [6.45, 7) is 0. The Balaban J connectivity index is 1.73.